The first-order valence-corrected chi connectivity index (χ1v) is 8.84. The van der Waals surface area contributed by atoms with Gasteiger partial charge in [-0.25, -0.2) is 4.98 Å². The van der Waals surface area contributed by atoms with Crippen LogP contribution in [0.15, 0.2) is 30.2 Å². The second-order valence-corrected chi connectivity index (χ2v) is 7.00. The van der Waals surface area contributed by atoms with Crippen LogP contribution in [0.25, 0.3) is 10.6 Å². The standard InChI is InChI=1S/C16H18N6OS/c1-21-8-12(5-17-21)16-20-14(10-24-16)15(23)19-13-6-18-22(9-13)7-11-3-2-4-11/h5-6,8-11H,2-4,7H2,1H3,(H,19,23). The van der Waals surface area contributed by atoms with E-state index >= 15 is 0 Å². The summed E-state index contributed by atoms with van der Waals surface area (Å²) in [6, 6.07) is 0. The molecule has 0 spiro atoms. The van der Waals surface area contributed by atoms with Crippen molar-refractivity contribution in [2.24, 2.45) is 13.0 Å². The predicted molar refractivity (Wildman–Crippen MR) is 91.8 cm³/mol. The van der Waals surface area contributed by atoms with Gasteiger partial charge in [0, 0.05) is 36.9 Å². The van der Waals surface area contributed by atoms with Gasteiger partial charge in [0.2, 0.25) is 0 Å². The SMILES string of the molecule is Cn1cc(-c2nc(C(=O)Nc3cnn(CC4CCC4)c3)cs2)cn1. The molecule has 3 aromatic rings. The first kappa shape index (κ1) is 15.1. The van der Waals surface area contributed by atoms with E-state index in [2.05, 4.69) is 20.5 Å². The molecule has 0 atom stereocenters. The van der Waals surface area contributed by atoms with Gasteiger partial charge in [0.15, 0.2) is 0 Å². The molecule has 24 heavy (non-hydrogen) atoms. The van der Waals surface area contributed by atoms with Gasteiger partial charge < -0.3 is 5.32 Å². The molecular weight excluding hydrogens is 324 g/mol. The Bertz CT molecular complexity index is 859. The van der Waals surface area contributed by atoms with Crippen molar-refractivity contribution in [3.63, 3.8) is 0 Å². The van der Waals surface area contributed by atoms with Crippen LogP contribution in [-0.2, 0) is 13.6 Å². The Morgan fingerprint density at radius 2 is 2.21 bits per heavy atom. The van der Waals surface area contributed by atoms with Gasteiger partial charge in [-0.1, -0.05) is 6.42 Å². The largest absolute Gasteiger partial charge is 0.318 e. The highest BCUT2D eigenvalue weighted by Gasteiger charge is 2.18. The number of nitrogens with zero attached hydrogens (tertiary/aromatic N) is 5. The molecule has 8 heteroatoms. The number of carbonyl (C=O) groups is 1. The van der Waals surface area contributed by atoms with Crippen LogP contribution in [0.5, 0.6) is 0 Å². The number of rotatable bonds is 5. The molecule has 0 bridgehead atoms. The molecule has 1 amide bonds. The van der Waals surface area contributed by atoms with Crippen LogP contribution in [0.3, 0.4) is 0 Å². The van der Waals surface area contributed by atoms with Gasteiger partial charge in [0.1, 0.15) is 10.7 Å². The summed E-state index contributed by atoms with van der Waals surface area (Å²) in [4.78, 5) is 16.7. The topological polar surface area (TPSA) is 77.6 Å². The molecule has 7 nitrogen and oxygen atoms in total. The second-order valence-electron chi connectivity index (χ2n) is 6.14. The summed E-state index contributed by atoms with van der Waals surface area (Å²) in [6.45, 7) is 0.928. The fourth-order valence-electron chi connectivity index (χ4n) is 2.71. The molecule has 1 saturated carbocycles. The van der Waals surface area contributed by atoms with E-state index in [1.165, 1.54) is 30.6 Å². The van der Waals surface area contributed by atoms with E-state index in [0.717, 1.165) is 23.0 Å². The molecule has 3 heterocycles. The van der Waals surface area contributed by atoms with Gasteiger partial charge in [0.25, 0.3) is 5.91 Å². The lowest BCUT2D eigenvalue weighted by Crippen LogP contribution is -2.18. The summed E-state index contributed by atoms with van der Waals surface area (Å²) in [6.07, 6.45) is 11.1. The fraction of sp³-hybridized carbons (Fsp3) is 0.375. The lowest BCUT2D eigenvalue weighted by atomic mass is 9.85. The van der Waals surface area contributed by atoms with Crippen molar-refractivity contribution in [2.75, 3.05) is 5.32 Å². The fourth-order valence-corrected chi connectivity index (χ4v) is 3.48. The third kappa shape index (κ3) is 3.09. The zero-order chi connectivity index (χ0) is 16.5. The van der Waals surface area contributed by atoms with Gasteiger partial charge in [-0.2, -0.15) is 10.2 Å². The molecule has 1 fully saturated rings. The molecular formula is C16H18N6OS. The minimum Gasteiger partial charge on any atom is -0.318 e. The number of amides is 1. The third-order valence-corrected chi connectivity index (χ3v) is 5.14. The second kappa shape index (κ2) is 6.20. The summed E-state index contributed by atoms with van der Waals surface area (Å²) in [5, 5.41) is 13.8. The van der Waals surface area contributed by atoms with Crippen LogP contribution < -0.4 is 5.32 Å². The number of hydrogen-bond donors (Lipinski definition) is 1. The van der Waals surface area contributed by atoms with Crippen molar-refractivity contribution in [3.05, 3.63) is 35.9 Å². The number of aryl methyl sites for hydroxylation is 1. The molecule has 0 radical (unpaired) electrons. The molecule has 0 saturated heterocycles. The van der Waals surface area contributed by atoms with Gasteiger partial charge in [-0.05, 0) is 18.8 Å². The molecule has 0 aromatic carbocycles. The normalized spacial score (nSPS) is 14.5. The van der Waals surface area contributed by atoms with Crippen LogP contribution in [0.4, 0.5) is 5.69 Å². The molecule has 1 aliphatic carbocycles. The van der Waals surface area contributed by atoms with Crippen molar-refractivity contribution >= 4 is 22.9 Å². The number of hydrogen-bond acceptors (Lipinski definition) is 5. The average Bonchev–Trinajstić information content (AvgIpc) is 3.23. The van der Waals surface area contributed by atoms with E-state index < -0.39 is 0 Å². The molecule has 4 rings (SSSR count). The zero-order valence-corrected chi connectivity index (χ0v) is 14.2. The van der Waals surface area contributed by atoms with E-state index in [1.807, 2.05) is 24.1 Å². The minimum absolute atomic E-state index is 0.218. The summed E-state index contributed by atoms with van der Waals surface area (Å²) in [5.74, 6) is 0.513. The molecule has 1 N–H and O–H groups in total. The summed E-state index contributed by atoms with van der Waals surface area (Å²) < 4.78 is 3.62. The third-order valence-electron chi connectivity index (χ3n) is 4.25. The Hall–Kier alpha value is -2.48. The Labute approximate surface area is 143 Å². The summed E-state index contributed by atoms with van der Waals surface area (Å²) in [7, 11) is 1.85. The summed E-state index contributed by atoms with van der Waals surface area (Å²) in [5.41, 5.74) is 2.02. The Kier molecular flexibility index (Phi) is 3.89. The zero-order valence-electron chi connectivity index (χ0n) is 13.3. The van der Waals surface area contributed by atoms with E-state index in [4.69, 9.17) is 0 Å². The highest BCUT2D eigenvalue weighted by molar-refractivity contribution is 7.13. The monoisotopic (exact) mass is 342 g/mol. The Morgan fingerprint density at radius 3 is 2.92 bits per heavy atom. The van der Waals surface area contributed by atoms with Gasteiger partial charge in [0.05, 0.1) is 18.1 Å². The lowest BCUT2D eigenvalue weighted by Gasteiger charge is -2.24. The first-order chi connectivity index (χ1) is 11.7. The van der Waals surface area contributed by atoms with Crippen LogP contribution in [0.2, 0.25) is 0 Å². The van der Waals surface area contributed by atoms with Crippen LogP contribution >= 0.6 is 11.3 Å². The highest BCUT2D eigenvalue weighted by Crippen LogP contribution is 2.28. The van der Waals surface area contributed by atoms with Crippen molar-refractivity contribution in [3.8, 4) is 10.6 Å². The van der Waals surface area contributed by atoms with Gasteiger partial charge >= 0.3 is 0 Å². The maximum atomic E-state index is 12.3. The average molecular weight is 342 g/mol. The van der Waals surface area contributed by atoms with E-state index in [0.29, 0.717) is 11.4 Å². The van der Waals surface area contributed by atoms with Crippen molar-refractivity contribution in [1.29, 1.82) is 0 Å². The van der Waals surface area contributed by atoms with Crippen molar-refractivity contribution in [1.82, 2.24) is 24.5 Å². The molecule has 1 aliphatic rings. The lowest BCUT2D eigenvalue weighted by molar-refractivity contribution is 0.102. The number of carbonyl (C=O) groups excluding carboxylic acids is 1. The van der Waals surface area contributed by atoms with Gasteiger partial charge in [-0.15, -0.1) is 11.3 Å². The molecule has 124 valence electrons. The van der Waals surface area contributed by atoms with E-state index in [-0.39, 0.29) is 5.91 Å². The maximum Gasteiger partial charge on any atom is 0.275 e. The van der Waals surface area contributed by atoms with Crippen LogP contribution in [-0.4, -0.2) is 30.5 Å². The Morgan fingerprint density at radius 1 is 1.33 bits per heavy atom. The number of aromatic nitrogens is 5. The number of anilines is 1. The highest BCUT2D eigenvalue weighted by atomic mass is 32.1. The van der Waals surface area contributed by atoms with E-state index in [9.17, 15) is 4.79 Å². The molecule has 0 unspecified atom stereocenters. The minimum atomic E-state index is -0.218. The van der Waals surface area contributed by atoms with Crippen molar-refractivity contribution < 1.29 is 4.79 Å². The quantitative estimate of drug-likeness (QED) is 0.773. The molecule has 0 aliphatic heterocycles. The van der Waals surface area contributed by atoms with Crippen molar-refractivity contribution in [2.45, 2.75) is 25.8 Å². The smallest absolute Gasteiger partial charge is 0.275 e. The number of nitrogens with one attached hydrogen (secondary N) is 1. The predicted octanol–water partition coefficient (Wildman–Crippen LogP) is 2.79. The van der Waals surface area contributed by atoms with Crippen LogP contribution in [0, 0.1) is 5.92 Å². The first-order valence-electron chi connectivity index (χ1n) is 7.96. The number of thiazole rings is 1. The van der Waals surface area contributed by atoms with Crippen LogP contribution in [0.1, 0.15) is 29.8 Å². The molecule has 3 aromatic heterocycles. The van der Waals surface area contributed by atoms with Gasteiger partial charge in [-0.3, -0.25) is 14.2 Å². The Balaban J connectivity index is 1.41. The van der Waals surface area contributed by atoms with E-state index in [1.54, 1.807) is 22.5 Å². The maximum absolute atomic E-state index is 12.3. The summed E-state index contributed by atoms with van der Waals surface area (Å²) >= 11 is 1.43.